The fraction of sp³-hybridized carbons (Fsp3) is 0.867. The molecule has 1 N–H and O–H groups in total. The Balaban J connectivity index is 2.87. The molecule has 0 aliphatic rings. The number of carbonyl (C=O) groups is 1. The van der Waals surface area contributed by atoms with Gasteiger partial charge in [-0.2, -0.15) is 0 Å². The van der Waals surface area contributed by atoms with Crippen LogP contribution in [0.25, 0.3) is 0 Å². The van der Waals surface area contributed by atoms with Crippen LogP contribution in [-0.4, -0.2) is 31.3 Å². The van der Waals surface area contributed by atoms with E-state index in [0.29, 0.717) is 24.8 Å². The summed E-state index contributed by atoms with van der Waals surface area (Å²) in [5.41, 5.74) is 0. The molecule has 1 rings (SSSR count). The van der Waals surface area contributed by atoms with Crippen molar-refractivity contribution in [3.8, 4) is 0 Å². The molecule has 0 spiro atoms. The summed E-state index contributed by atoms with van der Waals surface area (Å²) in [6.07, 6.45) is 4.87. The number of carboxylic acids is 1. The molecule has 1 unspecified atom stereocenters. The van der Waals surface area contributed by atoms with Crippen LogP contribution in [0.5, 0.6) is 0 Å². The van der Waals surface area contributed by atoms with E-state index in [9.17, 15) is 9.90 Å². The SMILES string of the molecule is CCCC(CCC)c1nnnn1CC(CC(C)C)C(=O)O. The van der Waals surface area contributed by atoms with Crippen molar-refractivity contribution in [1.82, 2.24) is 20.2 Å². The first-order valence-electron chi connectivity index (χ1n) is 7.98. The van der Waals surface area contributed by atoms with E-state index in [1.54, 1.807) is 4.68 Å². The number of nitrogens with zero attached hydrogens (tertiary/aromatic N) is 4. The summed E-state index contributed by atoms with van der Waals surface area (Å²) in [6.45, 7) is 8.73. The molecule has 6 heteroatoms. The van der Waals surface area contributed by atoms with E-state index in [1.807, 2.05) is 13.8 Å². The molecular weight excluding hydrogens is 268 g/mol. The molecular formula is C15H28N4O2. The molecule has 0 aromatic carbocycles. The van der Waals surface area contributed by atoms with Gasteiger partial charge in [0.1, 0.15) is 0 Å². The maximum Gasteiger partial charge on any atom is 0.308 e. The Bertz CT molecular complexity index is 425. The van der Waals surface area contributed by atoms with E-state index in [2.05, 4.69) is 29.4 Å². The number of hydrogen-bond acceptors (Lipinski definition) is 4. The first-order valence-corrected chi connectivity index (χ1v) is 7.98. The lowest BCUT2D eigenvalue weighted by Gasteiger charge is -2.18. The first kappa shape index (κ1) is 17.6. The minimum absolute atomic E-state index is 0.323. The summed E-state index contributed by atoms with van der Waals surface area (Å²) >= 11 is 0. The van der Waals surface area contributed by atoms with Gasteiger partial charge in [-0.3, -0.25) is 4.79 Å². The lowest BCUT2D eigenvalue weighted by Crippen LogP contribution is -2.24. The minimum Gasteiger partial charge on any atom is -0.481 e. The van der Waals surface area contributed by atoms with Gasteiger partial charge < -0.3 is 5.11 Å². The highest BCUT2D eigenvalue weighted by Crippen LogP contribution is 2.25. The van der Waals surface area contributed by atoms with Crippen molar-refractivity contribution in [2.24, 2.45) is 11.8 Å². The molecule has 1 aromatic heterocycles. The van der Waals surface area contributed by atoms with Crippen LogP contribution < -0.4 is 0 Å². The number of aromatic nitrogens is 4. The number of aliphatic carboxylic acids is 1. The number of hydrogen-bond donors (Lipinski definition) is 1. The predicted octanol–water partition coefficient (Wildman–Crippen LogP) is 3.10. The fourth-order valence-electron chi connectivity index (χ4n) is 2.76. The van der Waals surface area contributed by atoms with Gasteiger partial charge in [0.2, 0.25) is 0 Å². The highest BCUT2D eigenvalue weighted by Gasteiger charge is 2.24. The van der Waals surface area contributed by atoms with Crippen LogP contribution in [0.1, 0.15) is 71.5 Å². The lowest BCUT2D eigenvalue weighted by molar-refractivity contribution is -0.142. The third kappa shape index (κ3) is 5.44. The van der Waals surface area contributed by atoms with Crippen LogP contribution in [0.2, 0.25) is 0 Å². The minimum atomic E-state index is -0.771. The summed E-state index contributed by atoms with van der Waals surface area (Å²) < 4.78 is 1.71. The van der Waals surface area contributed by atoms with Crippen molar-refractivity contribution in [2.75, 3.05) is 0 Å². The third-order valence-corrected chi connectivity index (χ3v) is 3.70. The smallest absolute Gasteiger partial charge is 0.308 e. The van der Waals surface area contributed by atoms with E-state index < -0.39 is 11.9 Å². The van der Waals surface area contributed by atoms with Crippen molar-refractivity contribution < 1.29 is 9.90 Å². The van der Waals surface area contributed by atoms with Crippen LogP contribution in [0, 0.1) is 11.8 Å². The molecule has 120 valence electrons. The Labute approximate surface area is 126 Å². The van der Waals surface area contributed by atoms with Crippen molar-refractivity contribution in [2.45, 2.75) is 72.3 Å². The number of rotatable bonds is 10. The molecule has 1 atom stereocenters. The quantitative estimate of drug-likeness (QED) is 0.717. The first-order chi connectivity index (χ1) is 9.99. The maximum atomic E-state index is 11.4. The molecule has 0 fully saturated rings. The largest absolute Gasteiger partial charge is 0.481 e. The van der Waals surface area contributed by atoms with Crippen LogP contribution in [0.3, 0.4) is 0 Å². The zero-order valence-corrected chi connectivity index (χ0v) is 13.6. The molecule has 0 amide bonds. The van der Waals surface area contributed by atoms with Crippen LogP contribution in [0.4, 0.5) is 0 Å². The van der Waals surface area contributed by atoms with Crippen molar-refractivity contribution >= 4 is 5.97 Å². The van der Waals surface area contributed by atoms with Gasteiger partial charge >= 0.3 is 5.97 Å². The molecule has 0 radical (unpaired) electrons. The molecule has 1 heterocycles. The van der Waals surface area contributed by atoms with Gasteiger partial charge in [0, 0.05) is 5.92 Å². The summed E-state index contributed by atoms with van der Waals surface area (Å²) in [6, 6.07) is 0. The van der Waals surface area contributed by atoms with Crippen LogP contribution in [0.15, 0.2) is 0 Å². The molecule has 0 aliphatic heterocycles. The van der Waals surface area contributed by atoms with E-state index in [4.69, 9.17) is 0 Å². The zero-order chi connectivity index (χ0) is 15.8. The lowest BCUT2D eigenvalue weighted by atomic mass is 9.95. The molecule has 0 saturated heterocycles. The summed E-state index contributed by atoms with van der Waals surface area (Å²) in [4.78, 5) is 11.4. The average molecular weight is 296 g/mol. The van der Waals surface area contributed by atoms with Gasteiger partial charge in [-0.15, -0.1) is 5.10 Å². The Morgan fingerprint density at radius 2 is 1.86 bits per heavy atom. The van der Waals surface area contributed by atoms with E-state index in [0.717, 1.165) is 31.5 Å². The standard InChI is InChI=1S/C15H28N4O2/c1-5-7-12(8-6-2)14-16-17-18-19(14)10-13(15(20)21)9-11(3)4/h11-13H,5-10H2,1-4H3,(H,20,21). The van der Waals surface area contributed by atoms with Gasteiger partial charge in [0.25, 0.3) is 0 Å². The number of tetrazole rings is 1. The molecule has 0 saturated carbocycles. The summed E-state index contributed by atoms with van der Waals surface area (Å²) in [5, 5.41) is 21.3. The van der Waals surface area contributed by atoms with Crippen molar-refractivity contribution in [3.05, 3.63) is 5.82 Å². The molecule has 0 aliphatic carbocycles. The van der Waals surface area contributed by atoms with E-state index in [1.165, 1.54) is 0 Å². The monoisotopic (exact) mass is 296 g/mol. The fourth-order valence-corrected chi connectivity index (χ4v) is 2.76. The Morgan fingerprint density at radius 3 is 2.33 bits per heavy atom. The van der Waals surface area contributed by atoms with Crippen LogP contribution >= 0.6 is 0 Å². The maximum absolute atomic E-state index is 11.4. The Kier molecular flexibility index (Phi) is 7.32. The molecule has 0 bridgehead atoms. The highest BCUT2D eigenvalue weighted by atomic mass is 16.4. The van der Waals surface area contributed by atoms with Gasteiger partial charge in [-0.05, 0) is 35.6 Å². The van der Waals surface area contributed by atoms with Gasteiger partial charge in [-0.1, -0.05) is 40.5 Å². The van der Waals surface area contributed by atoms with Gasteiger partial charge in [0.15, 0.2) is 5.82 Å². The Morgan fingerprint density at radius 1 is 1.24 bits per heavy atom. The number of carboxylic acid groups (broad SMARTS) is 1. The topological polar surface area (TPSA) is 80.9 Å². The normalized spacial score (nSPS) is 13.0. The van der Waals surface area contributed by atoms with Crippen molar-refractivity contribution in [1.29, 1.82) is 0 Å². The molecule has 6 nitrogen and oxygen atoms in total. The van der Waals surface area contributed by atoms with Crippen LogP contribution in [-0.2, 0) is 11.3 Å². The molecule has 1 aromatic rings. The third-order valence-electron chi connectivity index (χ3n) is 3.70. The molecule has 21 heavy (non-hydrogen) atoms. The highest BCUT2D eigenvalue weighted by molar-refractivity contribution is 5.69. The van der Waals surface area contributed by atoms with E-state index >= 15 is 0 Å². The van der Waals surface area contributed by atoms with Gasteiger partial charge in [0.05, 0.1) is 12.5 Å². The summed E-state index contributed by atoms with van der Waals surface area (Å²) in [5.74, 6) is 0.300. The van der Waals surface area contributed by atoms with Gasteiger partial charge in [-0.25, -0.2) is 4.68 Å². The van der Waals surface area contributed by atoms with E-state index in [-0.39, 0.29) is 0 Å². The average Bonchev–Trinajstić information content (AvgIpc) is 2.85. The second kappa shape index (κ2) is 8.74. The van der Waals surface area contributed by atoms with Crippen molar-refractivity contribution in [3.63, 3.8) is 0 Å². The summed E-state index contributed by atoms with van der Waals surface area (Å²) in [7, 11) is 0. The second-order valence-electron chi connectivity index (χ2n) is 6.16. The Hall–Kier alpha value is -1.46. The second-order valence-corrected chi connectivity index (χ2v) is 6.16. The predicted molar refractivity (Wildman–Crippen MR) is 81.0 cm³/mol. The zero-order valence-electron chi connectivity index (χ0n) is 13.6.